The van der Waals surface area contributed by atoms with Crippen LogP contribution in [0.1, 0.15) is 114 Å². The lowest BCUT2D eigenvalue weighted by atomic mass is 9.55. The minimum Gasteiger partial charge on any atom is -0.497 e. The van der Waals surface area contributed by atoms with E-state index in [9.17, 15) is 0 Å². The molecule has 3 atom stereocenters. The molecule has 10 aliphatic rings. The third-order valence-corrected chi connectivity index (χ3v) is 23.8. The zero-order valence-electron chi connectivity index (χ0n) is 38.6. The Morgan fingerprint density at radius 2 is 1.11 bits per heavy atom. The van der Waals surface area contributed by atoms with Crippen LogP contribution in [-0.4, -0.2) is 39.6 Å². The summed E-state index contributed by atoms with van der Waals surface area (Å²) in [6.45, 7) is 6.76. The number of hydrogen-bond donors (Lipinski definition) is 0. The minimum absolute atomic E-state index is 0.164. The Bertz CT molecular complexity index is 2310. The van der Waals surface area contributed by atoms with Crippen molar-refractivity contribution in [3.63, 3.8) is 0 Å². The second kappa shape index (κ2) is 15.4. The van der Waals surface area contributed by atoms with Crippen LogP contribution in [0.2, 0.25) is 5.04 Å². The predicted molar refractivity (Wildman–Crippen MR) is 251 cm³/mol. The molecule has 0 radical (unpaired) electrons. The Kier molecular flexibility index (Phi) is 9.96. The van der Waals surface area contributed by atoms with Crippen LogP contribution in [-0.2, 0) is 35.5 Å². The molecule has 0 aliphatic heterocycles. The average Bonchev–Trinajstić information content (AvgIpc) is 3.76. The van der Waals surface area contributed by atoms with Crippen molar-refractivity contribution >= 4 is 30.6 Å². The summed E-state index contributed by atoms with van der Waals surface area (Å²) in [6.07, 6.45) is 11.2. The average molecular weight is 893 g/mol. The second-order valence-corrected chi connectivity index (χ2v) is 27.4. The molecule has 9 fully saturated rings. The smallest absolute Gasteiger partial charge is 0.327 e. The maximum atomic E-state index is 16.8. The first-order chi connectivity index (χ1) is 31.4. The molecule has 65 heavy (non-hydrogen) atoms. The molecule has 8 heteroatoms. The normalized spacial score (nSPS) is 37.2. The molecule has 0 aromatic heterocycles. The molecule has 340 valence electrons. The van der Waals surface area contributed by atoms with E-state index in [0.29, 0.717) is 30.1 Å². The molecular formula is C57H65FO6Si. The number of ether oxygens (including phenoxy) is 3. The van der Waals surface area contributed by atoms with Gasteiger partial charge in [0, 0.05) is 5.92 Å². The van der Waals surface area contributed by atoms with E-state index in [1.165, 1.54) is 18.9 Å². The fourth-order valence-electron chi connectivity index (χ4n) is 16.7. The number of halogens is 1. The first-order valence-electron chi connectivity index (χ1n) is 25.1. The molecule has 8 bridgehead atoms. The van der Waals surface area contributed by atoms with Gasteiger partial charge in [-0.2, -0.15) is 0 Å². The Morgan fingerprint density at radius 3 is 1.55 bits per heavy atom. The SMILES string of the molecule is COc1ccc(C2CC(C(=O)OC3C4CC5CC(C4)CC3C5)(C(=O)OC3C4CC5CC(C4)CC3C5)C3(O[Si](c4ccccc4)(c4ccccc4)C(C)(C)C)c4ccc(F)cc4CC23)cc1. The lowest BCUT2D eigenvalue weighted by molar-refractivity contribution is -0.215. The Balaban J connectivity index is 1.12. The number of benzene rings is 4. The second-order valence-electron chi connectivity index (χ2n) is 23.2. The highest BCUT2D eigenvalue weighted by Crippen LogP contribution is 2.71. The van der Waals surface area contributed by atoms with Crippen LogP contribution in [0.5, 0.6) is 5.75 Å². The Labute approximate surface area is 385 Å². The van der Waals surface area contributed by atoms with Gasteiger partial charge in [0.1, 0.15) is 29.4 Å². The first kappa shape index (κ1) is 42.1. The van der Waals surface area contributed by atoms with E-state index in [2.05, 4.69) is 81.4 Å². The highest BCUT2D eigenvalue weighted by Gasteiger charge is 2.79. The van der Waals surface area contributed by atoms with Gasteiger partial charge in [0.2, 0.25) is 0 Å². The number of rotatable bonds is 10. The maximum absolute atomic E-state index is 16.8. The lowest BCUT2D eigenvalue weighted by Gasteiger charge is -2.56. The van der Waals surface area contributed by atoms with Crippen molar-refractivity contribution < 1.29 is 32.6 Å². The molecular weight excluding hydrogens is 828 g/mol. The fourth-order valence-corrected chi connectivity index (χ4v) is 21.6. The molecule has 0 spiro atoms. The van der Waals surface area contributed by atoms with Crippen LogP contribution in [0, 0.1) is 64.5 Å². The van der Waals surface area contributed by atoms with Crippen LogP contribution in [0.15, 0.2) is 103 Å². The molecule has 14 rings (SSSR count). The summed E-state index contributed by atoms with van der Waals surface area (Å²) in [4.78, 5) is 33.6. The maximum Gasteiger partial charge on any atom is 0.327 e. The number of fused-ring (bicyclic) bond motifs is 3. The van der Waals surface area contributed by atoms with Gasteiger partial charge in [0.15, 0.2) is 5.41 Å². The molecule has 0 heterocycles. The van der Waals surface area contributed by atoms with Gasteiger partial charge in [0.25, 0.3) is 8.32 Å². The zero-order valence-corrected chi connectivity index (χ0v) is 39.6. The van der Waals surface area contributed by atoms with Gasteiger partial charge in [-0.1, -0.05) is 99.6 Å². The number of hydrogen-bond acceptors (Lipinski definition) is 6. The third kappa shape index (κ3) is 6.30. The zero-order chi connectivity index (χ0) is 44.5. The first-order valence-corrected chi connectivity index (χ1v) is 27.0. The number of esters is 2. The quantitative estimate of drug-likeness (QED) is 0.0897. The third-order valence-electron chi connectivity index (χ3n) is 18.8. The summed E-state index contributed by atoms with van der Waals surface area (Å²) in [6, 6.07) is 34.2. The number of carbonyl (C=O) groups is 2. The van der Waals surface area contributed by atoms with Gasteiger partial charge < -0.3 is 18.6 Å². The molecule has 0 N–H and O–H groups in total. The highest BCUT2D eigenvalue weighted by atomic mass is 28.4. The van der Waals surface area contributed by atoms with E-state index in [0.717, 1.165) is 84.2 Å². The van der Waals surface area contributed by atoms with Gasteiger partial charge >= 0.3 is 11.9 Å². The highest BCUT2D eigenvalue weighted by molar-refractivity contribution is 6.99. The molecule has 4 aromatic carbocycles. The number of carbonyl (C=O) groups excluding carboxylic acids is 2. The van der Waals surface area contributed by atoms with Crippen LogP contribution >= 0.6 is 0 Å². The van der Waals surface area contributed by atoms with Crippen molar-refractivity contribution in [1.29, 1.82) is 0 Å². The topological polar surface area (TPSA) is 71.1 Å². The monoisotopic (exact) mass is 892 g/mol. The largest absolute Gasteiger partial charge is 0.497 e. The molecule has 6 nitrogen and oxygen atoms in total. The van der Waals surface area contributed by atoms with Crippen molar-refractivity contribution in [2.24, 2.45) is 58.7 Å². The van der Waals surface area contributed by atoms with E-state index < -0.39 is 42.2 Å². The van der Waals surface area contributed by atoms with E-state index >= 15 is 14.0 Å². The van der Waals surface area contributed by atoms with Gasteiger partial charge in [-0.15, -0.1) is 0 Å². The van der Waals surface area contributed by atoms with Crippen molar-refractivity contribution in [1.82, 2.24) is 0 Å². The molecule has 10 aliphatic carbocycles. The van der Waals surface area contributed by atoms with Crippen molar-refractivity contribution in [2.75, 3.05) is 7.11 Å². The van der Waals surface area contributed by atoms with Gasteiger partial charge in [-0.3, -0.25) is 9.59 Å². The van der Waals surface area contributed by atoms with Crippen molar-refractivity contribution in [3.05, 3.63) is 126 Å². The Hall–Kier alpha value is -4.27. The molecule has 0 saturated heterocycles. The lowest BCUT2D eigenvalue weighted by Crippen LogP contribution is -2.72. The van der Waals surface area contributed by atoms with Crippen LogP contribution in [0.25, 0.3) is 0 Å². The molecule has 9 saturated carbocycles. The number of methoxy groups -OCH3 is 1. The van der Waals surface area contributed by atoms with Crippen molar-refractivity contribution in [3.8, 4) is 5.75 Å². The van der Waals surface area contributed by atoms with E-state index in [-0.39, 0.29) is 54.0 Å². The predicted octanol–water partition coefficient (Wildman–Crippen LogP) is 10.7. The van der Waals surface area contributed by atoms with Crippen LogP contribution < -0.4 is 15.1 Å². The standard InChI is InChI=1S/C57H65FO6Si/c1-55(2,3)65(46-11-7-5-8-12-46,47-13-9-6-10-14-47)64-57-49-20-17-44(58)31-39(49)32-50(57)48(38-15-18-45(61-4)19-16-38)33-56(57,53(59)62-51-40-23-34-21-35(25-40)26-41(51)24-34)54(60)63-52-42-27-36-22-37(29-42)30-43(52)28-36/h5-20,31,34-37,40-43,48,50-52H,21-30,32-33H2,1-4H3. The summed E-state index contributed by atoms with van der Waals surface area (Å²) in [5, 5.41) is 1.58. The van der Waals surface area contributed by atoms with Gasteiger partial charge in [0.05, 0.1) is 7.11 Å². The molecule has 3 unspecified atom stereocenters. The minimum atomic E-state index is -3.60. The van der Waals surface area contributed by atoms with E-state index in [4.69, 9.17) is 18.6 Å². The summed E-state index contributed by atoms with van der Waals surface area (Å²) in [5.41, 5.74) is -1.01. The van der Waals surface area contributed by atoms with E-state index in [1.54, 1.807) is 13.2 Å². The summed E-state index contributed by atoms with van der Waals surface area (Å²) in [5.74, 6) is 2.44. The van der Waals surface area contributed by atoms with Crippen molar-refractivity contribution in [2.45, 2.75) is 127 Å². The van der Waals surface area contributed by atoms with Gasteiger partial charge in [-0.05, 0) is 187 Å². The van der Waals surface area contributed by atoms with Gasteiger partial charge in [-0.25, -0.2) is 4.39 Å². The Morgan fingerprint density at radius 1 is 0.631 bits per heavy atom. The molecule has 4 aromatic rings. The summed E-state index contributed by atoms with van der Waals surface area (Å²) >= 11 is 0. The van der Waals surface area contributed by atoms with E-state index in [1.807, 2.05) is 30.3 Å². The van der Waals surface area contributed by atoms with Crippen LogP contribution in [0.4, 0.5) is 4.39 Å². The summed E-state index contributed by atoms with van der Waals surface area (Å²) in [7, 11) is -1.94. The molecule has 0 amide bonds. The van der Waals surface area contributed by atoms with Crippen LogP contribution in [0.3, 0.4) is 0 Å². The fraction of sp³-hybridized carbons (Fsp3) is 0.544. The summed E-state index contributed by atoms with van der Waals surface area (Å²) < 4.78 is 44.7.